The smallest absolute Gasteiger partial charge is 0.246 e. The first kappa shape index (κ1) is 16.5. The fraction of sp³-hybridized carbons (Fsp3) is 0.714. The number of furan rings is 1. The van der Waals surface area contributed by atoms with Crippen molar-refractivity contribution >= 4 is 10.0 Å². The molecule has 2 unspecified atom stereocenters. The monoisotopic (exact) mass is 316 g/mol. The molecule has 0 amide bonds. The van der Waals surface area contributed by atoms with Gasteiger partial charge in [-0.15, -0.1) is 0 Å². The first-order valence-electron chi connectivity index (χ1n) is 7.13. The Morgan fingerprint density at radius 1 is 1.33 bits per heavy atom. The van der Waals surface area contributed by atoms with Crippen LogP contribution in [-0.2, 0) is 21.3 Å². The zero-order valence-electron chi connectivity index (χ0n) is 13.3. The van der Waals surface area contributed by atoms with Crippen LogP contribution < -0.4 is 5.32 Å². The highest BCUT2D eigenvalue weighted by atomic mass is 32.2. The van der Waals surface area contributed by atoms with Crippen molar-refractivity contribution in [2.45, 2.75) is 50.8 Å². The molecular formula is C14H24N2O4S. The summed E-state index contributed by atoms with van der Waals surface area (Å²) >= 11 is 0. The molecule has 1 aromatic rings. The van der Waals surface area contributed by atoms with Crippen LogP contribution in [0.15, 0.2) is 9.31 Å². The summed E-state index contributed by atoms with van der Waals surface area (Å²) in [6.45, 7) is 6.45. The van der Waals surface area contributed by atoms with Gasteiger partial charge in [0.25, 0.3) is 0 Å². The normalized spacial score (nSPS) is 23.1. The van der Waals surface area contributed by atoms with Gasteiger partial charge in [0.15, 0.2) is 0 Å². The molecule has 0 radical (unpaired) electrons. The molecular weight excluding hydrogens is 292 g/mol. The number of nitrogens with zero attached hydrogens (tertiary/aromatic N) is 1. The van der Waals surface area contributed by atoms with Crippen LogP contribution in [0, 0.1) is 13.8 Å². The second kappa shape index (κ2) is 6.08. The molecule has 2 rings (SSSR count). The minimum absolute atomic E-state index is 0.0918. The average Bonchev–Trinajstić information content (AvgIpc) is 2.93. The zero-order chi connectivity index (χ0) is 15.8. The fourth-order valence-electron chi connectivity index (χ4n) is 2.95. The Morgan fingerprint density at radius 2 is 2.00 bits per heavy atom. The number of hydrogen-bond donors (Lipinski definition) is 1. The fourth-order valence-corrected chi connectivity index (χ4v) is 4.80. The predicted octanol–water partition coefficient (Wildman–Crippen LogP) is 1.41. The van der Waals surface area contributed by atoms with Gasteiger partial charge in [0, 0.05) is 25.8 Å². The van der Waals surface area contributed by atoms with Crippen LogP contribution in [0.5, 0.6) is 0 Å². The maximum atomic E-state index is 13.0. The van der Waals surface area contributed by atoms with Crippen molar-refractivity contribution in [1.29, 1.82) is 0 Å². The van der Waals surface area contributed by atoms with Crippen LogP contribution in [0.2, 0.25) is 0 Å². The first-order valence-corrected chi connectivity index (χ1v) is 8.57. The van der Waals surface area contributed by atoms with Crippen molar-refractivity contribution in [3.8, 4) is 0 Å². The lowest BCUT2D eigenvalue weighted by Gasteiger charge is -2.26. The Hall–Kier alpha value is -0.890. The van der Waals surface area contributed by atoms with Crippen molar-refractivity contribution in [3.05, 3.63) is 17.1 Å². The van der Waals surface area contributed by atoms with Crippen LogP contribution in [0.25, 0.3) is 0 Å². The highest BCUT2D eigenvalue weighted by Crippen LogP contribution is 2.31. The molecule has 1 aliphatic rings. The number of rotatable bonds is 5. The van der Waals surface area contributed by atoms with Crippen molar-refractivity contribution in [3.63, 3.8) is 0 Å². The number of hydrogen-bond acceptors (Lipinski definition) is 5. The maximum absolute atomic E-state index is 13.0. The van der Waals surface area contributed by atoms with E-state index in [-0.39, 0.29) is 17.0 Å². The summed E-state index contributed by atoms with van der Waals surface area (Å²) in [5, 5.41) is 3.00. The van der Waals surface area contributed by atoms with Crippen molar-refractivity contribution in [2.24, 2.45) is 0 Å². The van der Waals surface area contributed by atoms with Crippen LogP contribution in [0.3, 0.4) is 0 Å². The summed E-state index contributed by atoms with van der Waals surface area (Å²) in [4.78, 5) is 0.288. The van der Waals surface area contributed by atoms with Crippen LogP contribution >= 0.6 is 0 Å². The highest BCUT2D eigenvalue weighted by molar-refractivity contribution is 7.89. The van der Waals surface area contributed by atoms with Crippen LogP contribution in [-0.4, -0.2) is 45.6 Å². The van der Waals surface area contributed by atoms with Gasteiger partial charge < -0.3 is 14.5 Å². The first-order chi connectivity index (χ1) is 9.80. The Balaban J connectivity index is 2.44. The minimum Gasteiger partial charge on any atom is -0.465 e. The molecule has 1 saturated heterocycles. The number of aryl methyl sites for hydroxylation is 2. The van der Waals surface area contributed by atoms with Gasteiger partial charge in [-0.05, 0) is 34.2 Å². The number of sulfonamides is 1. The standard InChI is InChI=1S/C14H24N2O4S/c1-9-12(8-15-4)14(11(3)20-9)21(17,18)16(5)13-6-7-19-10(13)2/h10,13,15H,6-8H2,1-5H3. The summed E-state index contributed by atoms with van der Waals surface area (Å²) in [7, 11) is -0.191. The molecule has 0 bridgehead atoms. The lowest BCUT2D eigenvalue weighted by Crippen LogP contribution is -2.41. The SMILES string of the molecule is CNCc1c(C)oc(C)c1S(=O)(=O)N(C)C1CCOC1C. The molecule has 1 aromatic heterocycles. The lowest BCUT2D eigenvalue weighted by atomic mass is 10.2. The van der Waals surface area contributed by atoms with Gasteiger partial charge in [-0.3, -0.25) is 0 Å². The van der Waals surface area contributed by atoms with Crippen LogP contribution in [0.1, 0.15) is 30.4 Å². The molecule has 0 aromatic carbocycles. The van der Waals surface area contributed by atoms with E-state index in [4.69, 9.17) is 9.15 Å². The molecule has 21 heavy (non-hydrogen) atoms. The second-order valence-electron chi connectivity index (χ2n) is 5.51. The van der Waals surface area contributed by atoms with Gasteiger partial charge in [-0.25, -0.2) is 8.42 Å². The second-order valence-corrected chi connectivity index (χ2v) is 7.44. The Labute approximate surface area is 126 Å². The maximum Gasteiger partial charge on any atom is 0.246 e. The van der Waals surface area contributed by atoms with E-state index in [1.807, 2.05) is 6.92 Å². The van der Waals surface area contributed by atoms with E-state index in [2.05, 4.69) is 5.32 Å². The molecule has 1 fully saturated rings. The third kappa shape index (κ3) is 2.88. The van der Waals surface area contributed by atoms with E-state index >= 15 is 0 Å². The van der Waals surface area contributed by atoms with Crippen molar-refractivity contribution in [1.82, 2.24) is 9.62 Å². The Kier molecular flexibility index (Phi) is 4.77. The summed E-state index contributed by atoms with van der Waals surface area (Å²) in [5.74, 6) is 1.08. The Morgan fingerprint density at radius 3 is 2.52 bits per heavy atom. The van der Waals surface area contributed by atoms with Gasteiger partial charge in [0.1, 0.15) is 16.4 Å². The average molecular weight is 316 g/mol. The van der Waals surface area contributed by atoms with E-state index in [1.54, 1.807) is 27.9 Å². The molecule has 120 valence electrons. The summed E-state index contributed by atoms with van der Waals surface area (Å²) in [5.41, 5.74) is 0.702. The third-order valence-electron chi connectivity index (χ3n) is 4.12. The Bertz CT molecular complexity index is 609. The largest absolute Gasteiger partial charge is 0.465 e. The molecule has 1 N–H and O–H groups in total. The molecule has 6 nitrogen and oxygen atoms in total. The van der Waals surface area contributed by atoms with Crippen molar-refractivity contribution < 1.29 is 17.6 Å². The van der Waals surface area contributed by atoms with E-state index in [9.17, 15) is 8.42 Å². The molecule has 2 atom stereocenters. The molecule has 2 heterocycles. The van der Waals surface area contributed by atoms with Crippen LogP contribution in [0.4, 0.5) is 0 Å². The zero-order valence-corrected chi connectivity index (χ0v) is 14.1. The molecule has 0 aliphatic carbocycles. The van der Waals surface area contributed by atoms with Gasteiger partial charge >= 0.3 is 0 Å². The topological polar surface area (TPSA) is 71.8 Å². The summed E-state index contributed by atoms with van der Waals surface area (Å²) < 4.78 is 38.4. The molecule has 1 aliphatic heterocycles. The predicted molar refractivity (Wildman–Crippen MR) is 79.7 cm³/mol. The summed E-state index contributed by atoms with van der Waals surface area (Å²) in [6.07, 6.45) is 0.625. The van der Waals surface area contributed by atoms with E-state index in [0.717, 1.165) is 0 Å². The van der Waals surface area contributed by atoms with E-state index in [0.29, 0.717) is 36.7 Å². The summed E-state index contributed by atoms with van der Waals surface area (Å²) in [6, 6.07) is -0.132. The van der Waals surface area contributed by atoms with E-state index in [1.165, 1.54) is 4.31 Å². The van der Waals surface area contributed by atoms with Gasteiger partial charge in [0.05, 0.1) is 12.1 Å². The number of nitrogens with one attached hydrogen (secondary N) is 1. The van der Waals surface area contributed by atoms with E-state index < -0.39 is 10.0 Å². The molecule has 0 saturated carbocycles. The van der Waals surface area contributed by atoms with Crippen molar-refractivity contribution in [2.75, 3.05) is 20.7 Å². The van der Waals surface area contributed by atoms with Gasteiger partial charge in [-0.1, -0.05) is 0 Å². The quantitative estimate of drug-likeness (QED) is 0.889. The highest BCUT2D eigenvalue weighted by Gasteiger charge is 2.38. The third-order valence-corrected chi connectivity index (χ3v) is 6.20. The molecule has 7 heteroatoms. The van der Waals surface area contributed by atoms with Gasteiger partial charge in [0.2, 0.25) is 10.0 Å². The number of likely N-dealkylation sites (N-methyl/N-ethyl adjacent to an activating group) is 1. The number of ether oxygens (including phenoxy) is 1. The lowest BCUT2D eigenvalue weighted by molar-refractivity contribution is 0.102. The van der Waals surface area contributed by atoms with Gasteiger partial charge in [-0.2, -0.15) is 4.31 Å². The molecule has 0 spiro atoms. The minimum atomic E-state index is -3.60.